The number of hydrogen-bond donors (Lipinski definition) is 0. The van der Waals surface area contributed by atoms with E-state index < -0.39 is 0 Å². The Morgan fingerprint density at radius 2 is 1.82 bits per heavy atom. The Morgan fingerprint density at radius 3 is 2.59 bits per heavy atom. The third-order valence-corrected chi connectivity index (χ3v) is 4.35. The van der Waals surface area contributed by atoms with Crippen molar-refractivity contribution < 1.29 is 4.79 Å². The minimum absolute atomic E-state index is 0.136. The quantitative estimate of drug-likeness (QED) is 0.723. The summed E-state index contributed by atoms with van der Waals surface area (Å²) in [4.78, 5) is 14.2. The summed E-state index contributed by atoms with van der Waals surface area (Å²) >= 11 is 0. The molecule has 2 nitrogen and oxygen atoms in total. The maximum atomic E-state index is 12.4. The molecule has 1 heterocycles. The van der Waals surface area contributed by atoms with Crippen LogP contribution in [0.2, 0.25) is 0 Å². The van der Waals surface area contributed by atoms with Crippen molar-refractivity contribution in [3.05, 3.63) is 29.8 Å². The lowest BCUT2D eigenvalue weighted by molar-refractivity contribution is -0.120. The lowest BCUT2D eigenvalue weighted by Crippen LogP contribution is -2.28. The number of hydrogen-bond acceptors (Lipinski definition) is 1. The van der Waals surface area contributed by atoms with Gasteiger partial charge in [-0.1, -0.05) is 37.5 Å². The average Bonchev–Trinajstić information content (AvgIpc) is 2.64. The molecule has 0 aromatic heterocycles. The van der Waals surface area contributed by atoms with Crippen LogP contribution in [0.1, 0.15) is 43.6 Å². The monoisotopic (exact) mass is 229 g/mol. The van der Waals surface area contributed by atoms with Gasteiger partial charge in [-0.05, 0) is 30.4 Å². The van der Waals surface area contributed by atoms with Crippen LogP contribution in [0.4, 0.5) is 5.69 Å². The Labute approximate surface area is 103 Å². The molecule has 90 valence electrons. The maximum Gasteiger partial charge on any atom is 0.234 e. The fourth-order valence-corrected chi connectivity index (χ4v) is 3.44. The predicted octanol–water partition coefficient (Wildman–Crippen LogP) is 3.33. The molecule has 0 N–H and O–H groups in total. The van der Waals surface area contributed by atoms with Gasteiger partial charge in [0.1, 0.15) is 0 Å². The Balaban J connectivity index is 1.97. The first kappa shape index (κ1) is 10.8. The first-order valence-electron chi connectivity index (χ1n) is 6.65. The number of carbonyl (C=O) groups excluding carboxylic acids is 1. The molecule has 1 aromatic rings. The first-order chi connectivity index (χ1) is 8.29. The lowest BCUT2D eigenvalue weighted by atomic mass is 9.77. The molecule has 1 saturated carbocycles. The Bertz CT molecular complexity index is 434. The lowest BCUT2D eigenvalue weighted by Gasteiger charge is -2.26. The number of nitrogens with zero attached hydrogens (tertiary/aromatic N) is 1. The van der Waals surface area contributed by atoms with Crippen molar-refractivity contribution in [3.8, 4) is 0 Å². The SMILES string of the molecule is CN1C(=O)C(C2CCCCC2)c2ccccc21. The summed E-state index contributed by atoms with van der Waals surface area (Å²) in [6.45, 7) is 0. The van der Waals surface area contributed by atoms with Crippen LogP contribution >= 0.6 is 0 Å². The Kier molecular flexibility index (Phi) is 2.65. The molecular weight excluding hydrogens is 210 g/mol. The zero-order chi connectivity index (χ0) is 11.8. The second-order valence-corrected chi connectivity index (χ2v) is 5.33. The normalized spacial score (nSPS) is 25.1. The van der Waals surface area contributed by atoms with Gasteiger partial charge >= 0.3 is 0 Å². The van der Waals surface area contributed by atoms with Crippen LogP contribution in [0, 0.1) is 5.92 Å². The molecule has 0 radical (unpaired) electrons. The van der Waals surface area contributed by atoms with E-state index in [2.05, 4.69) is 18.2 Å². The van der Waals surface area contributed by atoms with Gasteiger partial charge in [0, 0.05) is 12.7 Å². The van der Waals surface area contributed by atoms with E-state index in [0.717, 1.165) is 5.69 Å². The second-order valence-electron chi connectivity index (χ2n) is 5.33. The largest absolute Gasteiger partial charge is 0.315 e. The summed E-state index contributed by atoms with van der Waals surface area (Å²) in [6, 6.07) is 8.28. The van der Waals surface area contributed by atoms with Crippen molar-refractivity contribution in [1.29, 1.82) is 0 Å². The minimum Gasteiger partial charge on any atom is -0.315 e. The minimum atomic E-state index is 0.136. The highest BCUT2D eigenvalue weighted by molar-refractivity contribution is 6.04. The summed E-state index contributed by atoms with van der Waals surface area (Å²) in [5.41, 5.74) is 2.37. The van der Waals surface area contributed by atoms with E-state index in [1.807, 2.05) is 18.0 Å². The van der Waals surface area contributed by atoms with E-state index in [0.29, 0.717) is 11.8 Å². The van der Waals surface area contributed by atoms with Crippen molar-refractivity contribution in [2.75, 3.05) is 11.9 Å². The van der Waals surface area contributed by atoms with Gasteiger partial charge < -0.3 is 4.90 Å². The topological polar surface area (TPSA) is 20.3 Å². The van der Waals surface area contributed by atoms with Gasteiger partial charge in [-0.25, -0.2) is 0 Å². The molecule has 2 heteroatoms. The number of benzene rings is 1. The van der Waals surface area contributed by atoms with Gasteiger partial charge in [0.15, 0.2) is 0 Å². The van der Waals surface area contributed by atoms with Crippen LogP contribution in [0.5, 0.6) is 0 Å². The van der Waals surface area contributed by atoms with E-state index in [4.69, 9.17) is 0 Å². The molecule has 17 heavy (non-hydrogen) atoms. The van der Waals surface area contributed by atoms with E-state index in [-0.39, 0.29) is 5.92 Å². The second kappa shape index (κ2) is 4.17. The molecule has 0 saturated heterocycles. The molecule has 1 fully saturated rings. The third kappa shape index (κ3) is 1.67. The van der Waals surface area contributed by atoms with E-state index in [1.165, 1.54) is 37.7 Å². The molecule has 2 aliphatic rings. The van der Waals surface area contributed by atoms with Crippen LogP contribution < -0.4 is 4.90 Å². The zero-order valence-corrected chi connectivity index (χ0v) is 10.4. The number of anilines is 1. The number of fused-ring (bicyclic) bond motifs is 1. The van der Waals surface area contributed by atoms with Gasteiger partial charge in [-0.15, -0.1) is 0 Å². The van der Waals surface area contributed by atoms with Crippen molar-refractivity contribution >= 4 is 11.6 Å². The molecule has 1 unspecified atom stereocenters. The molecule has 0 bridgehead atoms. The van der Waals surface area contributed by atoms with Crippen LogP contribution in [-0.2, 0) is 4.79 Å². The highest BCUT2D eigenvalue weighted by Gasteiger charge is 2.39. The third-order valence-electron chi connectivity index (χ3n) is 4.35. The predicted molar refractivity (Wildman–Crippen MR) is 69.2 cm³/mol. The van der Waals surface area contributed by atoms with Crippen molar-refractivity contribution in [2.45, 2.75) is 38.0 Å². The fourth-order valence-electron chi connectivity index (χ4n) is 3.44. The van der Waals surface area contributed by atoms with Crippen LogP contribution in [-0.4, -0.2) is 13.0 Å². The van der Waals surface area contributed by atoms with Crippen molar-refractivity contribution in [3.63, 3.8) is 0 Å². The van der Waals surface area contributed by atoms with E-state index in [9.17, 15) is 4.79 Å². The molecule has 1 aromatic carbocycles. The maximum absolute atomic E-state index is 12.4. The van der Waals surface area contributed by atoms with Crippen molar-refractivity contribution in [1.82, 2.24) is 0 Å². The standard InChI is InChI=1S/C15H19NO/c1-16-13-10-6-5-9-12(13)14(15(16)17)11-7-3-2-4-8-11/h5-6,9-11,14H,2-4,7-8H2,1H3. The molecule has 3 rings (SSSR count). The average molecular weight is 229 g/mol. The van der Waals surface area contributed by atoms with Gasteiger partial charge in [-0.3, -0.25) is 4.79 Å². The Hall–Kier alpha value is -1.31. The number of para-hydroxylation sites is 1. The molecule has 1 amide bonds. The van der Waals surface area contributed by atoms with Gasteiger partial charge in [-0.2, -0.15) is 0 Å². The Morgan fingerprint density at radius 1 is 1.12 bits per heavy atom. The molecule has 1 aliphatic carbocycles. The molecule has 0 spiro atoms. The summed E-state index contributed by atoms with van der Waals surface area (Å²) in [5.74, 6) is 1.01. The number of likely N-dealkylation sites (N-methyl/N-ethyl adjacent to an activating group) is 1. The zero-order valence-electron chi connectivity index (χ0n) is 10.4. The first-order valence-corrected chi connectivity index (χ1v) is 6.65. The van der Waals surface area contributed by atoms with Gasteiger partial charge in [0.05, 0.1) is 5.92 Å². The smallest absolute Gasteiger partial charge is 0.234 e. The highest BCUT2D eigenvalue weighted by Crippen LogP contribution is 2.45. The summed E-state index contributed by atoms with van der Waals surface area (Å²) < 4.78 is 0. The number of rotatable bonds is 1. The fraction of sp³-hybridized carbons (Fsp3) is 0.533. The summed E-state index contributed by atoms with van der Waals surface area (Å²) in [5, 5.41) is 0. The van der Waals surface area contributed by atoms with Crippen LogP contribution in [0.25, 0.3) is 0 Å². The van der Waals surface area contributed by atoms with Gasteiger partial charge in [0.2, 0.25) is 5.91 Å². The number of amides is 1. The highest BCUT2D eigenvalue weighted by atomic mass is 16.2. The molecule has 1 atom stereocenters. The summed E-state index contributed by atoms with van der Waals surface area (Å²) in [7, 11) is 1.91. The summed E-state index contributed by atoms with van der Waals surface area (Å²) in [6.07, 6.45) is 6.37. The van der Waals surface area contributed by atoms with E-state index in [1.54, 1.807) is 0 Å². The number of carbonyl (C=O) groups is 1. The molecule has 1 aliphatic heterocycles. The van der Waals surface area contributed by atoms with E-state index >= 15 is 0 Å². The van der Waals surface area contributed by atoms with Crippen LogP contribution in [0.3, 0.4) is 0 Å². The van der Waals surface area contributed by atoms with Crippen molar-refractivity contribution in [2.24, 2.45) is 5.92 Å². The molecular formula is C15H19NO. The van der Waals surface area contributed by atoms with Gasteiger partial charge in [0.25, 0.3) is 0 Å². The van der Waals surface area contributed by atoms with Crippen LogP contribution in [0.15, 0.2) is 24.3 Å².